The van der Waals surface area contributed by atoms with Crippen LogP contribution >= 0.6 is 0 Å². The predicted octanol–water partition coefficient (Wildman–Crippen LogP) is 2.87. The Balaban J connectivity index is 2.82. The number of aryl methyl sites for hydroxylation is 1. The quantitative estimate of drug-likeness (QED) is 0.802. The lowest BCUT2D eigenvalue weighted by Crippen LogP contribution is -2.28. The van der Waals surface area contributed by atoms with E-state index in [1.165, 1.54) is 0 Å². The summed E-state index contributed by atoms with van der Waals surface area (Å²) in [5, 5.41) is 3.57. The molecule has 0 aliphatic carbocycles. The topological polar surface area (TPSA) is 37.8 Å². The molecule has 0 amide bonds. The van der Waals surface area contributed by atoms with E-state index in [2.05, 4.69) is 36.1 Å². The summed E-state index contributed by atoms with van der Waals surface area (Å²) >= 11 is 0. The van der Waals surface area contributed by atoms with E-state index in [-0.39, 0.29) is 0 Å². The maximum Gasteiger partial charge on any atom is 0.125 e. The molecule has 1 N–H and O–H groups in total. The summed E-state index contributed by atoms with van der Waals surface area (Å²) < 4.78 is 0. The fourth-order valence-corrected chi connectivity index (χ4v) is 1.78. The van der Waals surface area contributed by atoms with E-state index in [1.54, 1.807) is 0 Å². The van der Waals surface area contributed by atoms with Gasteiger partial charge in [0.25, 0.3) is 0 Å². The Kier molecular flexibility index (Phi) is 5.39. The molecular formula is C13H23N3. The number of aromatic nitrogens is 2. The highest BCUT2D eigenvalue weighted by atomic mass is 15.0. The third-order valence-electron chi connectivity index (χ3n) is 2.94. The molecule has 90 valence electrons. The van der Waals surface area contributed by atoms with Crippen LogP contribution in [0.4, 0.5) is 0 Å². The molecule has 1 aromatic heterocycles. The van der Waals surface area contributed by atoms with Gasteiger partial charge in [0.2, 0.25) is 0 Å². The highest BCUT2D eigenvalue weighted by Gasteiger charge is 2.18. The molecule has 0 radical (unpaired) electrons. The lowest BCUT2D eigenvalue weighted by Gasteiger charge is -2.23. The second kappa shape index (κ2) is 6.59. The van der Waals surface area contributed by atoms with E-state index in [4.69, 9.17) is 0 Å². The van der Waals surface area contributed by atoms with Gasteiger partial charge in [-0.2, -0.15) is 0 Å². The molecule has 0 saturated heterocycles. The van der Waals surface area contributed by atoms with Crippen molar-refractivity contribution in [2.45, 2.75) is 46.6 Å². The number of rotatable bonds is 6. The van der Waals surface area contributed by atoms with Crippen LogP contribution in [0.5, 0.6) is 0 Å². The van der Waals surface area contributed by atoms with Gasteiger partial charge in [0.1, 0.15) is 5.82 Å². The van der Waals surface area contributed by atoms with E-state index in [1.807, 2.05) is 19.2 Å². The Morgan fingerprint density at radius 1 is 1.38 bits per heavy atom. The molecule has 0 bridgehead atoms. The first kappa shape index (κ1) is 13.1. The summed E-state index contributed by atoms with van der Waals surface area (Å²) in [6.07, 6.45) is 4.15. The van der Waals surface area contributed by atoms with Crippen LogP contribution in [0.15, 0.2) is 12.3 Å². The molecular weight excluding hydrogens is 198 g/mol. The molecule has 3 nitrogen and oxygen atoms in total. The van der Waals surface area contributed by atoms with Gasteiger partial charge in [-0.3, -0.25) is 0 Å². The summed E-state index contributed by atoms with van der Waals surface area (Å²) in [6.45, 7) is 9.66. The number of nitrogens with zero attached hydrogens (tertiary/aromatic N) is 2. The minimum Gasteiger partial charge on any atom is -0.308 e. The Morgan fingerprint density at radius 2 is 2.12 bits per heavy atom. The normalized spacial score (nSPS) is 14.8. The monoisotopic (exact) mass is 221 g/mol. The smallest absolute Gasteiger partial charge is 0.125 e. The van der Waals surface area contributed by atoms with Gasteiger partial charge in [0.15, 0.2) is 0 Å². The van der Waals surface area contributed by atoms with Crippen molar-refractivity contribution in [1.29, 1.82) is 0 Å². The summed E-state index contributed by atoms with van der Waals surface area (Å²) in [7, 11) is 0. The zero-order valence-electron chi connectivity index (χ0n) is 10.8. The molecule has 0 aromatic carbocycles. The second-order valence-corrected chi connectivity index (χ2v) is 4.35. The standard InChI is InChI=1S/C13H23N3/c1-5-8-15-13(10(3)6-2)12-7-9-14-11(4)16-12/h7,9-10,13,15H,5-6,8H2,1-4H3. The first-order chi connectivity index (χ1) is 7.69. The van der Waals surface area contributed by atoms with Crippen LogP contribution in [0.25, 0.3) is 0 Å². The van der Waals surface area contributed by atoms with Crippen molar-refractivity contribution in [2.24, 2.45) is 5.92 Å². The molecule has 0 fully saturated rings. The Bertz CT molecular complexity index is 312. The molecule has 0 aliphatic rings. The van der Waals surface area contributed by atoms with Gasteiger partial charge in [-0.15, -0.1) is 0 Å². The van der Waals surface area contributed by atoms with Crippen LogP contribution in [0, 0.1) is 12.8 Å². The summed E-state index contributed by atoms with van der Waals surface area (Å²) in [4.78, 5) is 8.67. The van der Waals surface area contributed by atoms with Crippen molar-refractivity contribution in [3.8, 4) is 0 Å². The second-order valence-electron chi connectivity index (χ2n) is 4.35. The van der Waals surface area contributed by atoms with Crippen LogP contribution in [0.1, 0.15) is 51.2 Å². The van der Waals surface area contributed by atoms with Crippen LogP contribution < -0.4 is 5.32 Å². The Labute approximate surface area is 98.7 Å². The maximum absolute atomic E-state index is 4.52. The van der Waals surface area contributed by atoms with Crippen molar-refractivity contribution in [1.82, 2.24) is 15.3 Å². The lowest BCUT2D eigenvalue weighted by atomic mass is 9.96. The average Bonchev–Trinajstić information content (AvgIpc) is 2.29. The van der Waals surface area contributed by atoms with Gasteiger partial charge >= 0.3 is 0 Å². The first-order valence-electron chi connectivity index (χ1n) is 6.22. The number of hydrogen-bond donors (Lipinski definition) is 1. The largest absolute Gasteiger partial charge is 0.308 e. The van der Waals surface area contributed by atoms with Gasteiger partial charge in [-0.1, -0.05) is 27.2 Å². The zero-order chi connectivity index (χ0) is 12.0. The fourth-order valence-electron chi connectivity index (χ4n) is 1.78. The van der Waals surface area contributed by atoms with Crippen LogP contribution in [-0.4, -0.2) is 16.5 Å². The van der Waals surface area contributed by atoms with E-state index >= 15 is 0 Å². The minimum absolute atomic E-state index is 0.353. The van der Waals surface area contributed by atoms with Gasteiger partial charge in [-0.25, -0.2) is 9.97 Å². The summed E-state index contributed by atoms with van der Waals surface area (Å²) in [5.74, 6) is 1.45. The van der Waals surface area contributed by atoms with E-state index < -0.39 is 0 Å². The van der Waals surface area contributed by atoms with Gasteiger partial charge < -0.3 is 5.32 Å². The van der Waals surface area contributed by atoms with E-state index in [9.17, 15) is 0 Å². The Morgan fingerprint density at radius 3 is 2.69 bits per heavy atom. The molecule has 0 saturated carbocycles. The summed E-state index contributed by atoms with van der Waals surface area (Å²) in [5.41, 5.74) is 1.12. The van der Waals surface area contributed by atoms with Crippen molar-refractivity contribution in [3.63, 3.8) is 0 Å². The van der Waals surface area contributed by atoms with Crippen molar-refractivity contribution < 1.29 is 0 Å². The number of hydrogen-bond acceptors (Lipinski definition) is 3. The van der Waals surface area contributed by atoms with Crippen LogP contribution in [0.2, 0.25) is 0 Å². The minimum atomic E-state index is 0.353. The van der Waals surface area contributed by atoms with E-state index in [0.29, 0.717) is 12.0 Å². The summed E-state index contributed by atoms with van der Waals surface area (Å²) in [6, 6.07) is 2.37. The fraction of sp³-hybridized carbons (Fsp3) is 0.692. The molecule has 1 heterocycles. The molecule has 1 aromatic rings. The number of nitrogens with one attached hydrogen (secondary N) is 1. The van der Waals surface area contributed by atoms with Crippen molar-refractivity contribution in [2.75, 3.05) is 6.54 Å². The first-order valence-corrected chi connectivity index (χ1v) is 6.22. The molecule has 2 atom stereocenters. The molecule has 3 heteroatoms. The molecule has 2 unspecified atom stereocenters. The zero-order valence-corrected chi connectivity index (χ0v) is 10.8. The van der Waals surface area contributed by atoms with Gasteiger partial charge in [0, 0.05) is 6.20 Å². The molecule has 0 aliphatic heterocycles. The maximum atomic E-state index is 4.52. The SMILES string of the molecule is CCCNC(c1ccnc(C)n1)C(C)CC. The predicted molar refractivity (Wildman–Crippen MR) is 67.3 cm³/mol. The van der Waals surface area contributed by atoms with Crippen molar-refractivity contribution >= 4 is 0 Å². The van der Waals surface area contributed by atoms with Crippen molar-refractivity contribution in [3.05, 3.63) is 23.8 Å². The van der Waals surface area contributed by atoms with Crippen LogP contribution in [0.3, 0.4) is 0 Å². The lowest BCUT2D eigenvalue weighted by molar-refractivity contribution is 0.369. The molecule has 1 rings (SSSR count). The van der Waals surface area contributed by atoms with Gasteiger partial charge in [-0.05, 0) is 31.9 Å². The Hall–Kier alpha value is -0.960. The third kappa shape index (κ3) is 3.56. The molecule has 0 spiro atoms. The highest BCUT2D eigenvalue weighted by Crippen LogP contribution is 2.22. The van der Waals surface area contributed by atoms with Gasteiger partial charge in [0.05, 0.1) is 11.7 Å². The van der Waals surface area contributed by atoms with Crippen LogP contribution in [-0.2, 0) is 0 Å². The highest BCUT2D eigenvalue weighted by molar-refractivity contribution is 5.08. The third-order valence-corrected chi connectivity index (χ3v) is 2.94. The van der Waals surface area contributed by atoms with E-state index in [0.717, 1.165) is 30.9 Å². The molecule has 16 heavy (non-hydrogen) atoms. The average molecular weight is 221 g/mol.